The Bertz CT molecular complexity index is 958. The first kappa shape index (κ1) is 17.8. The van der Waals surface area contributed by atoms with E-state index in [4.69, 9.17) is 12.2 Å². The Hall–Kier alpha value is -3.04. The summed E-state index contributed by atoms with van der Waals surface area (Å²) in [5.41, 5.74) is 3.06. The van der Waals surface area contributed by atoms with Crippen molar-refractivity contribution < 1.29 is 24.9 Å². The van der Waals surface area contributed by atoms with Crippen molar-refractivity contribution in [1.82, 2.24) is 10.4 Å². The first-order valence-corrected chi connectivity index (χ1v) is 8.47. The second-order valence-electron chi connectivity index (χ2n) is 5.26. The van der Waals surface area contributed by atoms with E-state index < -0.39 is 11.8 Å². The highest BCUT2D eigenvalue weighted by Crippen LogP contribution is 2.33. The number of nitrogens with one attached hydrogen (secondary N) is 1. The predicted molar refractivity (Wildman–Crippen MR) is 100 cm³/mol. The van der Waals surface area contributed by atoms with Crippen LogP contribution in [0.4, 0.5) is 0 Å². The highest BCUT2D eigenvalue weighted by Gasteiger charge is 2.33. The number of thioether (sulfide) groups is 1. The zero-order valence-corrected chi connectivity index (χ0v) is 14.7. The molecule has 3 rings (SSSR count). The SMILES string of the molecule is O=C(NN1C(=O)C(=Cc2ccc(O)c(O)c2)SC1=S)c1cccc(O)c1. The van der Waals surface area contributed by atoms with Gasteiger partial charge in [-0.15, -0.1) is 0 Å². The van der Waals surface area contributed by atoms with E-state index in [1.165, 1.54) is 48.5 Å². The summed E-state index contributed by atoms with van der Waals surface area (Å²) in [4.78, 5) is 25.0. The van der Waals surface area contributed by atoms with Gasteiger partial charge >= 0.3 is 0 Å². The number of benzene rings is 2. The predicted octanol–water partition coefficient (Wildman–Crippen LogP) is 2.35. The van der Waals surface area contributed by atoms with Gasteiger partial charge in [0.15, 0.2) is 15.8 Å². The third-order valence-electron chi connectivity index (χ3n) is 3.41. The van der Waals surface area contributed by atoms with Crippen LogP contribution in [0.1, 0.15) is 15.9 Å². The van der Waals surface area contributed by atoms with Gasteiger partial charge in [-0.05, 0) is 54.2 Å². The van der Waals surface area contributed by atoms with Crippen molar-refractivity contribution in [3.05, 3.63) is 58.5 Å². The van der Waals surface area contributed by atoms with Gasteiger partial charge in [-0.25, -0.2) is 0 Å². The highest BCUT2D eigenvalue weighted by molar-refractivity contribution is 8.26. The van der Waals surface area contributed by atoms with Gasteiger partial charge in [0.1, 0.15) is 5.75 Å². The Morgan fingerprint density at radius 2 is 1.88 bits per heavy atom. The maximum atomic E-state index is 12.5. The number of amides is 2. The van der Waals surface area contributed by atoms with Crippen LogP contribution in [0.2, 0.25) is 0 Å². The van der Waals surface area contributed by atoms with Crippen molar-refractivity contribution in [2.45, 2.75) is 0 Å². The van der Waals surface area contributed by atoms with Crippen LogP contribution in [0.25, 0.3) is 6.08 Å². The van der Waals surface area contributed by atoms with E-state index >= 15 is 0 Å². The normalized spacial score (nSPS) is 15.5. The molecule has 0 radical (unpaired) electrons. The minimum atomic E-state index is -0.597. The molecule has 2 aromatic rings. The second-order valence-corrected chi connectivity index (χ2v) is 6.93. The lowest BCUT2D eigenvalue weighted by Gasteiger charge is -2.15. The van der Waals surface area contributed by atoms with Crippen LogP contribution in [-0.4, -0.2) is 36.5 Å². The molecule has 9 heteroatoms. The van der Waals surface area contributed by atoms with Crippen molar-refractivity contribution in [1.29, 1.82) is 0 Å². The Labute approximate surface area is 157 Å². The Balaban J connectivity index is 1.79. The summed E-state index contributed by atoms with van der Waals surface area (Å²) >= 11 is 6.11. The molecule has 1 fully saturated rings. The molecule has 0 unspecified atom stereocenters. The first-order chi connectivity index (χ1) is 12.3. The van der Waals surface area contributed by atoms with E-state index in [0.29, 0.717) is 5.56 Å². The molecule has 2 amide bonds. The molecular weight excluding hydrogens is 376 g/mol. The summed E-state index contributed by atoms with van der Waals surface area (Å²) < 4.78 is 0.137. The number of thiocarbonyl (C=S) groups is 1. The number of phenolic OH excluding ortho intramolecular Hbond substituents is 3. The van der Waals surface area contributed by atoms with Gasteiger partial charge in [-0.1, -0.05) is 23.9 Å². The third kappa shape index (κ3) is 3.63. The zero-order chi connectivity index (χ0) is 18.8. The minimum Gasteiger partial charge on any atom is -0.508 e. The molecule has 4 N–H and O–H groups in total. The van der Waals surface area contributed by atoms with E-state index in [2.05, 4.69) is 5.43 Å². The molecule has 0 aromatic heterocycles. The summed E-state index contributed by atoms with van der Waals surface area (Å²) in [6, 6.07) is 9.80. The smallest absolute Gasteiger partial charge is 0.285 e. The molecule has 1 aliphatic rings. The maximum Gasteiger partial charge on any atom is 0.285 e. The molecule has 7 nitrogen and oxygen atoms in total. The van der Waals surface area contributed by atoms with E-state index in [-0.39, 0.29) is 32.0 Å². The van der Waals surface area contributed by atoms with Gasteiger partial charge in [0.25, 0.3) is 11.8 Å². The number of nitrogens with zero attached hydrogens (tertiary/aromatic N) is 1. The fourth-order valence-electron chi connectivity index (χ4n) is 2.16. The lowest BCUT2D eigenvalue weighted by Crippen LogP contribution is -2.44. The minimum absolute atomic E-state index is 0.0740. The molecule has 26 heavy (non-hydrogen) atoms. The van der Waals surface area contributed by atoms with Gasteiger partial charge in [0.2, 0.25) is 0 Å². The Morgan fingerprint density at radius 1 is 1.12 bits per heavy atom. The number of hydrazine groups is 1. The average Bonchev–Trinajstić information content (AvgIpc) is 2.85. The van der Waals surface area contributed by atoms with Crippen LogP contribution in [0.15, 0.2) is 47.4 Å². The molecule has 1 heterocycles. The molecule has 1 saturated heterocycles. The van der Waals surface area contributed by atoms with Crippen molar-refractivity contribution in [3.8, 4) is 17.2 Å². The number of aromatic hydroxyl groups is 3. The molecule has 0 saturated carbocycles. The van der Waals surface area contributed by atoms with Crippen LogP contribution in [0, 0.1) is 0 Å². The lowest BCUT2D eigenvalue weighted by molar-refractivity contribution is -0.123. The summed E-state index contributed by atoms with van der Waals surface area (Å²) in [5.74, 6) is -1.78. The summed E-state index contributed by atoms with van der Waals surface area (Å²) in [6.45, 7) is 0. The van der Waals surface area contributed by atoms with Gasteiger partial charge in [0, 0.05) is 5.56 Å². The maximum absolute atomic E-state index is 12.5. The number of carbonyl (C=O) groups excluding carboxylic acids is 2. The monoisotopic (exact) mass is 388 g/mol. The van der Waals surface area contributed by atoms with Gasteiger partial charge in [0.05, 0.1) is 4.91 Å². The molecular formula is C17H12N2O5S2. The van der Waals surface area contributed by atoms with E-state index in [1.807, 2.05) is 0 Å². The number of rotatable bonds is 3. The fraction of sp³-hybridized carbons (Fsp3) is 0. The first-order valence-electron chi connectivity index (χ1n) is 7.25. The Morgan fingerprint density at radius 3 is 2.58 bits per heavy atom. The van der Waals surface area contributed by atoms with E-state index in [0.717, 1.165) is 16.8 Å². The lowest BCUT2D eigenvalue weighted by atomic mass is 10.2. The van der Waals surface area contributed by atoms with Crippen LogP contribution >= 0.6 is 24.0 Å². The molecule has 0 spiro atoms. The summed E-state index contributed by atoms with van der Waals surface area (Å²) in [5, 5.41) is 29.2. The second kappa shape index (κ2) is 7.06. The van der Waals surface area contributed by atoms with Crippen LogP contribution in [0.3, 0.4) is 0 Å². The number of hydrogen-bond donors (Lipinski definition) is 4. The van der Waals surface area contributed by atoms with Crippen molar-refractivity contribution >= 4 is 46.2 Å². The van der Waals surface area contributed by atoms with Crippen molar-refractivity contribution in [3.63, 3.8) is 0 Å². The van der Waals surface area contributed by atoms with Gasteiger partial charge < -0.3 is 15.3 Å². The van der Waals surface area contributed by atoms with Gasteiger partial charge in [-0.3, -0.25) is 15.0 Å². The molecule has 2 aromatic carbocycles. The molecule has 0 bridgehead atoms. The number of hydrogen-bond acceptors (Lipinski definition) is 7. The van der Waals surface area contributed by atoms with Crippen LogP contribution in [-0.2, 0) is 4.79 Å². The average molecular weight is 388 g/mol. The molecule has 0 atom stereocenters. The van der Waals surface area contributed by atoms with Crippen LogP contribution < -0.4 is 5.43 Å². The standard InChI is InChI=1S/C17H12N2O5S2/c20-11-3-1-2-10(8-11)15(23)18-19-16(24)14(26-17(19)25)7-9-4-5-12(21)13(22)6-9/h1-8,20-22H,(H,18,23). The van der Waals surface area contributed by atoms with E-state index in [9.17, 15) is 24.9 Å². The molecule has 132 valence electrons. The zero-order valence-electron chi connectivity index (χ0n) is 13.0. The third-order valence-corrected chi connectivity index (χ3v) is 4.71. The molecule has 1 aliphatic heterocycles. The van der Waals surface area contributed by atoms with E-state index in [1.54, 1.807) is 0 Å². The van der Waals surface area contributed by atoms with Crippen molar-refractivity contribution in [2.75, 3.05) is 0 Å². The quantitative estimate of drug-likeness (QED) is 0.363. The fourth-order valence-corrected chi connectivity index (χ4v) is 3.34. The number of carbonyl (C=O) groups is 2. The topological polar surface area (TPSA) is 110 Å². The van der Waals surface area contributed by atoms with Gasteiger partial charge in [-0.2, -0.15) is 5.01 Å². The highest BCUT2D eigenvalue weighted by atomic mass is 32.2. The summed E-state index contributed by atoms with van der Waals surface area (Å²) in [7, 11) is 0. The molecule has 0 aliphatic carbocycles. The largest absolute Gasteiger partial charge is 0.508 e. The summed E-state index contributed by atoms with van der Waals surface area (Å²) in [6.07, 6.45) is 1.49. The van der Waals surface area contributed by atoms with Crippen molar-refractivity contribution in [2.24, 2.45) is 0 Å². The Kier molecular flexibility index (Phi) is 4.83. The van der Waals surface area contributed by atoms with Crippen LogP contribution in [0.5, 0.6) is 17.2 Å². The number of phenols is 3.